The number of benzene rings is 1. The molecule has 2 aliphatic rings. The molecule has 1 aromatic carbocycles. The fourth-order valence-electron chi connectivity index (χ4n) is 3.23. The summed E-state index contributed by atoms with van der Waals surface area (Å²) < 4.78 is 13.6. The second-order valence-electron chi connectivity index (χ2n) is 4.80. The SMILES string of the molecule is Fc1cccc2c1CCC21CCNCC1. The Bertz CT molecular complexity index is 380. The average Bonchev–Trinajstić information content (AvgIpc) is 2.61. The van der Waals surface area contributed by atoms with Gasteiger partial charge in [-0.15, -0.1) is 0 Å². The number of fused-ring (bicyclic) bond motifs is 2. The van der Waals surface area contributed by atoms with Crippen molar-refractivity contribution in [1.82, 2.24) is 5.32 Å². The van der Waals surface area contributed by atoms with Gasteiger partial charge in [-0.2, -0.15) is 0 Å². The quantitative estimate of drug-likeness (QED) is 0.685. The van der Waals surface area contributed by atoms with Gasteiger partial charge >= 0.3 is 0 Å². The van der Waals surface area contributed by atoms with Crippen LogP contribution in [0.4, 0.5) is 4.39 Å². The van der Waals surface area contributed by atoms with Crippen molar-refractivity contribution in [1.29, 1.82) is 0 Å². The summed E-state index contributed by atoms with van der Waals surface area (Å²) in [6.45, 7) is 2.16. The van der Waals surface area contributed by atoms with Crippen molar-refractivity contribution in [3.8, 4) is 0 Å². The molecular formula is C13H16FN. The molecule has 2 heteroatoms. The largest absolute Gasteiger partial charge is 0.317 e. The highest BCUT2D eigenvalue weighted by Crippen LogP contribution is 2.45. The number of nitrogens with one attached hydrogen (secondary N) is 1. The lowest BCUT2D eigenvalue weighted by atomic mass is 9.74. The van der Waals surface area contributed by atoms with Crippen LogP contribution >= 0.6 is 0 Å². The first kappa shape index (κ1) is 9.34. The molecule has 0 atom stereocenters. The van der Waals surface area contributed by atoms with Crippen molar-refractivity contribution in [2.24, 2.45) is 0 Å². The highest BCUT2D eigenvalue weighted by molar-refractivity contribution is 5.40. The maximum Gasteiger partial charge on any atom is 0.126 e. The number of piperidine rings is 1. The molecular weight excluding hydrogens is 189 g/mol. The van der Waals surface area contributed by atoms with Crippen molar-refractivity contribution in [2.75, 3.05) is 13.1 Å². The molecule has 0 radical (unpaired) electrons. The maximum atomic E-state index is 13.6. The molecule has 1 spiro atoms. The Kier molecular flexibility index (Phi) is 2.06. The molecule has 0 aromatic heterocycles. The van der Waals surface area contributed by atoms with Crippen molar-refractivity contribution in [3.63, 3.8) is 0 Å². The lowest BCUT2D eigenvalue weighted by molar-refractivity contribution is 0.306. The highest BCUT2D eigenvalue weighted by atomic mass is 19.1. The van der Waals surface area contributed by atoms with E-state index >= 15 is 0 Å². The van der Waals surface area contributed by atoms with Crippen LogP contribution in [0.5, 0.6) is 0 Å². The molecule has 1 aromatic rings. The molecule has 15 heavy (non-hydrogen) atoms. The van der Waals surface area contributed by atoms with Gasteiger partial charge in [0, 0.05) is 0 Å². The van der Waals surface area contributed by atoms with Crippen LogP contribution in [-0.4, -0.2) is 13.1 Å². The smallest absolute Gasteiger partial charge is 0.126 e. The Morgan fingerprint density at radius 3 is 2.73 bits per heavy atom. The zero-order valence-corrected chi connectivity index (χ0v) is 8.85. The standard InChI is InChI=1S/C13H16FN/c14-12-3-1-2-11-10(12)4-5-13(11)6-8-15-9-7-13/h1-3,15H,4-9H2. The van der Waals surface area contributed by atoms with Crippen molar-refractivity contribution < 1.29 is 4.39 Å². The van der Waals surface area contributed by atoms with E-state index in [1.807, 2.05) is 6.07 Å². The molecule has 1 N–H and O–H groups in total. The van der Waals surface area contributed by atoms with Gasteiger partial charge in [-0.1, -0.05) is 12.1 Å². The van der Waals surface area contributed by atoms with Gasteiger partial charge in [-0.3, -0.25) is 0 Å². The number of rotatable bonds is 0. The Morgan fingerprint density at radius 1 is 1.13 bits per heavy atom. The highest BCUT2D eigenvalue weighted by Gasteiger charge is 2.40. The Hall–Kier alpha value is -0.890. The summed E-state index contributed by atoms with van der Waals surface area (Å²) >= 11 is 0. The first-order valence-electron chi connectivity index (χ1n) is 5.80. The van der Waals surface area contributed by atoms with Gasteiger partial charge in [-0.05, 0) is 61.4 Å². The Morgan fingerprint density at radius 2 is 1.93 bits per heavy atom. The predicted molar refractivity (Wildman–Crippen MR) is 58.5 cm³/mol. The van der Waals surface area contributed by atoms with E-state index in [-0.39, 0.29) is 5.82 Å². The Balaban J connectivity index is 2.06. The van der Waals surface area contributed by atoms with E-state index < -0.39 is 0 Å². The van der Waals surface area contributed by atoms with Crippen LogP contribution in [0.15, 0.2) is 18.2 Å². The van der Waals surface area contributed by atoms with E-state index in [0.29, 0.717) is 5.41 Å². The lowest BCUT2D eigenvalue weighted by Gasteiger charge is -2.35. The first-order valence-corrected chi connectivity index (χ1v) is 5.80. The molecule has 0 saturated carbocycles. The second kappa shape index (κ2) is 3.31. The summed E-state index contributed by atoms with van der Waals surface area (Å²) in [6.07, 6.45) is 4.42. The topological polar surface area (TPSA) is 12.0 Å². The van der Waals surface area contributed by atoms with Gasteiger partial charge in [0.15, 0.2) is 0 Å². The van der Waals surface area contributed by atoms with Gasteiger partial charge in [0.2, 0.25) is 0 Å². The third-order valence-electron chi connectivity index (χ3n) is 4.10. The average molecular weight is 205 g/mol. The summed E-state index contributed by atoms with van der Waals surface area (Å²) in [6, 6.07) is 5.60. The molecule has 3 rings (SSSR count). The van der Waals surface area contributed by atoms with E-state index in [2.05, 4.69) is 11.4 Å². The fourth-order valence-corrected chi connectivity index (χ4v) is 3.23. The fraction of sp³-hybridized carbons (Fsp3) is 0.538. The summed E-state index contributed by atoms with van der Waals surface area (Å²) in [5.74, 6) is 0.00269. The van der Waals surface area contributed by atoms with Crippen LogP contribution in [-0.2, 0) is 11.8 Å². The summed E-state index contributed by atoms with van der Waals surface area (Å²) in [4.78, 5) is 0. The minimum absolute atomic E-state index is 0.00269. The minimum atomic E-state index is 0.00269. The monoisotopic (exact) mass is 205 g/mol. The number of hydrogen-bond acceptors (Lipinski definition) is 1. The molecule has 1 nitrogen and oxygen atoms in total. The molecule has 0 unspecified atom stereocenters. The Labute approximate surface area is 89.7 Å². The lowest BCUT2D eigenvalue weighted by Crippen LogP contribution is -2.38. The third kappa shape index (κ3) is 1.31. The van der Waals surface area contributed by atoms with Crippen LogP contribution in [0.2, 0.25) is 0 Å². The summed E-state index contributed by atoms with van der Waals surface area (Å²) in [7, 11) is 0. The molecule has 1 heterocycles. The van der Waals surface area contributed by atoms with E-state index in [1.165, 1.54) is 18.4 Å². The second-order valence-corrected chi connectivity index (χ2v) is 4.80. The molecule has 80 valence electrons. The zero-order valence-electron chi connectivity index (χ0n) is 8.85. The molecule has 1 aliphatic carbocycles. The molecule has 1 fully saturated rings. The molecule has 0 bridgehead atoms. The van der Waals surface area contributed by atoms with E-state index in [4.69, 9.17) is 0 Å². The van der Waals surface area contributed by atoms with Crippen molar-refractivity contribution in [2.45, 2.75) is 31.1 Å². The van der Waals surface area contributed by atoms with E-state index in [9.17, 15) is 4.39 Å². The normalized spacial score (nSPS) is 23.0. The van der Waals surface area contributed by atoms with Crippen LogP contribution in [0.25, 0.3) is 0 Å². The van der Waals surface area contributed by atoms with Gasteiger partial charge in [0.05, 0.1) is 0 Å². The van der Waals surface area contributed by atoms with Gasteiger partial charge < -0.3 is 5.32 Å². The predicted octanol–water partition coefficient (Wildman–Crippen LogP) is 2.39. The van der Waals surface area contributed by atoms with Gasteiger partial charge in [-0.25, -0.2) is 4.39 Å². The zero-order chi connectivity index (χ0) is 10.3. The van der Waals surface area contributed by atoms with Crippen LogP contribution in [0, 0.1) is 5.82 Å². The maximum absolute atomic E-state index is 13.6. The van der Waals surface area contributed by atoms with E-state index in [1.54, 1.807) is 6.07 Å². The summed E-state index contributed by atoms with van der Waals surface area (Å²) in [5.41, 5.74) is 2.58. The van der Waals surface area contributed by atoms with Crippen molar-refractivity contribution in [3.05, 3.63) is 35.1 Å². The summed E-state index contributed by atoms with van der Waals surface area (Å²) in [5, 5.41) is 3.39. The van der Waals surface area contributed by atoms with Crippen LogP contribution < -0.4 is 5.32 Å². The molecule has 1 saturated heterocycles. The van der Waals surface area contributed by atoms with Crippen molar-refractivity contribution >= 4 is 0 Å². The van der Waals surface area contributed by atoms with E-state index in [0.717, 1.165) is 31.5 Å². The van der Waals surface area contributed by atoms with Crippen LogP contribution in [0.1, 0.15) is 30.4 Å². The minimum Gasteiger partial charge on any atom is -0.317 e. The molecule has 1 aliphatic heterocycles. The van der Waals surface area contributed by atoms with Gasteiger partial charge in [0.25, 0.3) is 0 Å². The number of hydrogen-bond donors (Lipinski definition) is 1. The third-order valence-corrected chi connectivity index (χ3v) is 4.10. The number of halogens is 1. The van der Waals surface area contributed by atoms with Gasteiger partial charge in [0.1, 0.15) is 5.82 Å². The van der Waals surface area contributed by atoms with Crippen LogP contribution in [0.3, 0.4) is 0 Å². The molecule has 0 amide bonds. The first-order chi connectivity index (χ1) is 7.32.